The van der Waals surface area contributed by atoms with E-state index in [1.807, 2.05) is 19.1 Å². The van der Waals surface area contributed by atoms with Crippen LogP contribution in [0.15, 0.2) is 18.3 Å². The molecule has 0 aliphatic rings. The van der Waals surface area contributed by atoms with E-state index in [0.717, 1.165) is 11.3 Å². The van der Waals surface area contributed by atoms with Crippen molar-refractivity contribution >= 4 is 0 Å². The van der Waals surface area contributed by atoms with Crippen molar-refractivity contribution in [2.75, 3.05) is 6.54 Å². The predicted molar refractivity (Wildman–Crippen MR) is 44.5 cm³/mol. The fourth-order valence-corrected chi connectivity index (χ4v) is 0.941. The van der Waals surface area contributed by atoms with E-state index < -0.39 is 0 Å². The van der Waals surface area contributed by atoms with E-state index >= 15 is 0 Å². The van der Waals surface area contributed by atoms with Crippen LogP contribution in [0.5, 0.6) is 0 Å². The average molecular weight is 166 g/mol. The molecule has 4 heteroatoms. The smallest absolute Gasteiger partial charge is 0.209 e. The molecule has 0 aliphatic carbocycles. The molecule has 64 valence electrons. The molecule has 0 N–H and O–H groups in total. The van der Waals surface area contributed by atoms with E-state index in [2.05, 4.69) is 4.98 Å². The van der Waals surface area contributed by atoms with Gasteiger partial charge in [0.25, 0.3) is 0 Å². The Morgan fingerprint density at radius 3 is 3.00 bits per heavy atom. The standard InChI is InChI=1S/C8H10N2O2/c1-7-2-4-9-8(6-7)3-5-10(11)12/h2,4,6H,3,5H2,1H3. The Morgan fingerprint density at radius 2 is 2.42 bits per heavy atom. The molecule has 0 saturated heterocycles. The third kappa shape index (κ3) is 2.65. The van der Waals surface area contributed by atoms with Crippen molar-refractivity contribution in [3.05, 3.63) is 39.7 Å². The molecule has 0 aliphatic heterocycles. The van der Waals surface area contributed by atoms with Gasteiger partial charge in [0.05, 0.1) is 6.42 Å². The fraction of sp³-hybridized carbons (Fsp3) is 0.375. The summed E-state index contributed by atoms with van der Waals surface area (Å²) in [6.07, 6.45) is 2.08. The van der Waals surface area contributed by atoms with E-state index in [0.29, 0.717) is 6.42 Å². The molecular formula is C8H10N2O2. The first-order chi connectivity index (χ1) is 5.68. The van der Waals surface area contributed by atoms with Crippen LogP contribution in [0, 0.1) is 17.0 Å². The zero-order chi connectivity index (χ0) is 8.97. The van der Waals surface area contributed by atoms with Crippen LogP contribution in [0.25, 0.3) is 0 Å². The number of nitrogens with zero attached hydrogens (tertiary/aromatic N) is 2. The van der Waals surface area contributed by atoms with Gasteiger partial charge in [0.2, 0.25) is 6.54 Å². The van der Waals surface area contributed by atoms with Gasteiger partial charge in [0.1, 0.15) is 0 Å². The van der Waals surface area contributed by atoms with Gasteiger partial charge < -0.3 is 0 Å². The van der Waals surface area contributed by atoms with Gasteiger partial charge in [-0.15, -0.1) is 0 Å². The molecule has 1 aromatic rings. The predicted octanol–water partition coefficient (Wildman–Crippen LogP) is 1.21. The van der Waals surface area contributed by atoms with Gasteiger partial charge in [0.15, 0.2) is 0 Å². The lowest BCUT2D eigenvalue weighted by atomic mass is 10.2. The lowest BCUT2D eigenvalue weighted by molar-refractivity contribution is -0.479. The summed E-state index contributed by atoms with van der Waals surface area (Å²) in [5, 5.41) is 10.0. The van der Waals surface area contributed by atoms with Crippen LogP contribution in [0.1, 0.15) is 11.3 Å². The molecule has 12 heavy (non-hydrogen) atoms. The summed E-state index contributed by atoms with van der Waals surface area (Å²) >= 11 is 0. The van der Waals surface area contributed by atoms with Crippen molar-refractivity contribution in [2.45, 2.75) is 13.3 Å². The summed E-state index contributed by atoms with van der Waals surface area (Å²) in [4.78, 5) is 13.7. The number of aromatic nitrogens is 1. The number of rotatable bonds is 3. The summed E-state index contributed by atoms with van der Waals surface area (Å²) in [6.45, 7) is 1.90. The van der Waals surface area contributed by atoms with E-state index in [-0.39, 0.29) is 11.5 Å². The molecule has 0 spiro atoms. The normalized spacial score (nSPS) is 9.75. The molecule has 0 atom stereocenters. The van der Waals surface area contributed by atoms with E-state index in [1.165, 1.54) is 0 Å². The highest BCUT2D eigenvalue weighted by molar-refractivity contribution is 5.14. The molecule has 0 amide bonds. The molecule has 1 aromatic heterocycles. The van der Waals surface area contributed by atoms with Crippen LogP contribution >= 0.6 is 0 Å². The third-order valence-corrected chi connectivity index (χ3v) is 1.52. The second kappa shape index (κ2) is 3.80. The molecule has 1 rings (SSSR count). The number of hydrogen-bond acceptors (Lipinski definition) is 3. The van der Waals surface area contributed by atoms with Crippen LogP contribution in [-0.2, 0) is 6.42 Å². The number of nitro groups is 1. The van der Waals surface area contributed by atoms with Crippen molar-refractivity contribution in [2.24, 2.45) is 0 Å². The summed E-state index contributed by atoms with van der Waals surface area (Å²) in [5.41, 5.74) is 1.87. The van der Waals surface area contributed by atoms with Crippen LogP contribution in [0.3, 0.4) is 0 Å². The van der Waals surface area contributed by atoms with Crippen molar-refractivity contribution < 1.29 is 4.92 Å². The summed E-state index contributed by atoms with van der Waals surface area (Å²) in [5.74, 6) is 0. The first-order valence-corrected chi connectivity index (χ1v) is 3.72. The van der Waals surface area contributed by atoms with E-state index in [9.17, 15) is 10.1 Å². The lowest BCUT2D eigenvalue weighted by Gasteiger charge is -1.96. The molecule has 0 fully saturated rings. The molecular weight excluding hydrogens is 156 g/mol. The molecule has 1 heterocycles. The highest BCUT2D eigenvalue weighted by Crippen LogP contribution is 2.00. The molecule has 0 bridgehead atoms. The summed E-state index contributed by atoms with van der Waals surface area (Å²) in [7, 11) is 0. The monoisotopic (exact) mass is 166 g/mol. The van der Waals surface area contributed by atoms with Gasteiger partial charge in [-0.05, 0) is 24.6 Å². The Kier molecular flexibility index (Phi) is 2.74. The van der Waals surface area contributed by atoms with Gasteiger partial charge in [-0.3, -0.25) is 15.1 Å². The molecule has 0 saturated carbocycles. The summed E-state index contributed by atoms with van der Waals surface area (Å²) in [6, 6.07) is 3.74. The number of pyridine rings is 1. The average Bonchev–Trinajstić information content (AvgIpc) is 2.01. The van der Waals surface area contributed by atoms with Crippen LogP contribution in [0.2, 0.25) is 0 Å². The maximum atomic E-state index is 10.0. The largest absolute Gasteiger partial charge is 0.265 e. The molecule has 0 aromatic carbocycles. The van der Waals surface area contributed by atoms with Gasteiger partial charge in [-0.2, -0.15) is 0 Å². The first kappa shape index (κ1) is 8.64. The van der Waals surface area contributed by atoms with Gasteiger partial charge in [-0.1, -0.05) is 0 Å². The quantitative estimate of drug-likeness (QED) is 0.501. The minimum atomic E-state index is -0.329. The Labute approximate surface area is 70.4 Å². The van der Waals surface area contributed by atoms with Crippen LogP contribution in [-0.4, -0.2) is 16.5 Å². The summed E-state index contributed by atoms with van der Waals surface area (Å²) < 4.78 is 0. The Morgan fingerprint density at radius 1 is 1.67 bits per heavy atom. The molecule has 4 nitrogen and oxygen atoms in total. The van der Waals surface area contributed by atoms with Crippen molar-refractivity contribution in [1.29, 1.82) is 0 Å². The van der Waals surface area contributed by atoms with Gasteiger partial charge >= 0.3 is 0 Å². The SMILES string of the molecule is Cc1ccnc(CC[N+](=O)[O-])c1. The highest BCUT2D eigenvalue weighted by atomic mass is 16.6. The van der Waals surface area contributed by atoms with Gasteiger partial charge in [-0.25, -0.2) is 0 Å². The number of hydrogen-bond donors (Lipinski definition) is 0. The lowest BCUT2D eigenvalue weighted by Crippen LogP contribution is -2.05. The Hall–Kier alpha value is -1.45. The first-order valence-electron chi connectivity index (χ1n) is 3.72. The minimum Gasteiger partial charge on any atom is -0.265 e. The number of aryl methyl sites for hydroxylation is 1. The zero-order valence-corrected chi connectivity index (χ0v) is 6.86. The van der Waals surface area contributed by atoms with Crippen molar-refractivity contribution in [3.63, 3.8) is 0 Å². The maximum Gasteiger partial charge on any atom is 0.209 e. The topological polar surface area (TPSA) is 56.0 Å². The minimum absolute atomic E-state index is 0.0452. The Balaban J connectivity index is 2.57. The third-order valence-electron chi connectivity index (χ3n) is 1.52. The van der Waals surface area contributed by atoms with Crippen molar-refractivity contribution in [3.8, 4) is 0 Å². The van der Waals surface area contributed by atoms with Crippen molar-refractivity contribution in [1.82, 2.24) is 4.98 Å². The van der Waals surface area contributed by atoms with E-state index in [4.69, 9.17) is 0 Å². The van der Waals surface area contributed by atoms with Crippen LogP contribution < -0.4 is 0 Å². The molecule has 0 unspecified atom stereocenters. The van der Waals surface area contributed by atoms with Gasteiger partial charge in [0, 0.05) is 16.8 Å². The molecule has 0 radical (unpaired) electrons. The van der Waals surface area contributed by atoms with E-state index in [1.54, 1.807) is 6.20 Å². The van der Waals surface area contributed by atoms with Crippen LogP contribution in [0.4, 0.5) is 0 Å². The fourth-order valence-electron chi connectivity index (χ4n) is 0.941. The second-order valence-corrected chi connectivity index (χ2v) is 2.63. The maximum absolute atomic E-state index is 10.0. The second-order valence-electron chi connectivity index (χ2n) is 2.63. The Bertz CT molecular complexity index is 286. The zero-order valence-electron chi connectivity index (χ0n) is 6.86. The highest BCUT2D eigenvalue weighted by Gasteiger charge is 2.00.